The first-order chi connectivity index (χ1) is 8.93. The van der Waals surface area contributed by atoms with Crippen LogP contribution in [0.15, 0.2) is 24.3 Å². The third-order valence-corrected chi connectivity index (χ3v) is 2.91. The van der Waals surface area contributed by atoms with Crippen molar-refractivity contribution in [3.63, 3.8) is 0 Å². The van der Waals surface area contributed by atoms with Crippen molar-refractivity contribution in [1.82, 2.24) is 10.2 Å². The lowest BCUT2D eigenvalue weighted by atomic mass is 9.93. The first-order valence-electron chi connectivity index (χ1n) is 7.00. The van der Waals surface area contributed by atoms with E-state index in [1.54, 1.807) is 0 Å². The maximum Gasteiger partial charge on any atom is 0.119 e. The van der Waals surface area contributed by atoms with Crippen LogP contribution in [0.1, 0.15) is 26.3 Å². The van der Waals surface area contributed by atoms with Crippen molar-refractivity contribution < 1.29 is 4.74 Å². The van der Waals surface area contributed by atoms with Gasteiger partial charge in [0.05, 0.1) is 6.61 Å². The highest BCUT2D eigenvalue weighted by Gasteiger charge is 2.17. The summed E-state index contributed by atoms with van der Waals surface area (Å²) in [5.74, 6) is 0.944. The van der Waals surface area contributed by atoms with Crippen LogP contribution in [-0.4, -0.2) is 38.7 Å². The van der Waals surface area contributed by atoms with E-state index >= 15 is 0 Å². The summed E-state index contributed by atoms with van der Waals surface area (Å²) in [6.45, 7) is 10.3. The highest BCUT2D eigenvalue weighted by molar-refractivity contribution is 5.27. The van der Waals surface area contributed by atoms with E-state index in [1.807, 2.05) is 19.1 Å². The number of nitrogens with one attached hydrogen (secondary N) is 1. The summed E-state index contributed by atoms with van der Waals surface area (Å²) in [4.78, 5) is 2.23. The topological polar surface area (TPSA) is 24.5 Å². The summed E-state index contributed by atoms with van der Waals surface area (Å²) in [6, 6.07) is 8.31. The number of ether oxygens (including phenoxy) is 1. The van der Waals surface area contributed by atoms with Gasteiger partial charge in [0, 0.05) is 19.6 Å². The first kappa shape index (κ1) is 16.0. The third-order valence-electron chi connectivity index (χ3n) is 2.91. The zero-order valence-corrected chi connectivity index (χ0v) is 13.0. The summed E-state index contributed by atoms with van der Waals surface area (Å²) < 4.78 is 5.44. The zero-order chi connectivity index (χ0) is 14.3. The Labute approximate surface area is 118 Å². The van der Waals surface area contributed by atoms with Gasteiger partial charge in [0.1, 0.15) is 5.75 Å². The predicted octanol–water partition coefficient (Wildman–Crippen LogP) is 2.76. The summed E-state index contributed by atoms with van der Waals surface area (Å²) >= 11 is 0. The third kappa shape index (κ3) is 6.60. The number of benzene rings is 1. The molecule has 0 fully saturated rings. The van der Waals surface area contributed by atoms with Crippen LogP contribution < -0.4 is 10.1 Å². The smallest absolute Gasteiger partial charge is 0.119 e. The van der Waals surface area contributed by atoms with E-state index in [1.165, 1.54) is 5.56 Å². The molecule has 0 aliphatic rings. The van der Waals surface area contributed by atoms with Crippen molar-refractivity contribution in [1.29, 1.82) is 0 Å². The molecule has 0 spiro atoms. The van der Waals surface area contributed by atoms with Gasteiger partial charge in [0.15, 0.2) is 0 Å². The zero-order valence-electron chi connectivity index (χ0n) is 13.0. The second-order valence-electron chi connectivity index (χ2n) is 6.08. The Kier molecular flexibility index (Phi) is 6.32. The predicted molar refractivity (Wildman–Crippen MR) is 81.7 cm³/mol. The van der Waals surface area contributed by atoms with Crippen LogP contribution in [-0.2, 0) is 6.54 Å². The molecule has 0 aromatic heterocycles. The lowest BCUT2D eigenvalue weighted by Crippen LogP contribution is -2.37. The number of hydrogen-bond acceptors (Lipinski definition) is 3. The molecule has 0 amide bonds. The summed E-state index contributed by atoms with van der Waals surface area (Å²) in [5.41, 5.74) is 1.58. The molecule has 0 radical (unpaired) electrons. The fourth-order valence-electron chi connectivity index (χ4n) is 2.33. The Morgan fingerprint density at radius 1 is 1.16 bits per heavy atom. The van der Waals surface area contributed by atoms with Gasteiger partial charge in [-0.05, 0) is 44.1 Å². The largest absolute Gasteiger partial charge is 0.494 e. The van der Waals surface area contributed by atoms with Crippen molar-refractivity contribution in [3.05, 3.63) is 29.8 Å². The summed E-state index contributed by atoms with van der Waals surface area (Å²) in [7, 11) is 4.24. The molecule has 19 heavy (non-hydrogen) atoms. The highest BCUT2D eigenvalue weighted by atomic mass is 16.5. The molecule has 0 saturated heterocycles. The number of nitrogens with zero attached hydrogens (tertiary/aromatic N) is 1. The van der Waals surface area contributed by atoms with E-state index in [0.29, 0.717) is 0 Å². The van der Waals surface area contributed by atoms with E-state index < -0.39 is 0 Å². The molecule has 0 atom stereocenters. The maximum atomic E-state index is 5.44. The minimum absolute atomic E-state index is 0.286. The average molecular weight is 264 g/mol. The normalized spacial score (nSPS) is 11.9. The quantitative estimate of drug-likeness (QED) is 0.781. The average Bonchev–Trinajstić information content (AvgIpc) is 2.30. The van der Waals surface area contributed by atoms with E-state index in [-0.39, 0.29) is 5.41 Å². The van der Waals surface area contributed by atoms with Crippen molar-refractivity contribution in [2.24, 2.45) is 5.41 Å². The fraction of sp³-hybridized carbons (Fsp3) is 0.625. The SMILES string of the molecule is CCOc1ccc(CNCC(C)(C)CN(C)C)cc1. The molecular formula is C16H28N2O. The highest BCUT2D eigenvalue weighted by Crippen LogP contribution is 2.15. The molecular weight excluding hydrogens is 236 g/mol. The summed E-state index contributed by atoms with van der Waals surface area (Å²) in [6.07, 6.45) is 0. The van der Waals surface area contributed by atoms with Crippen molar-refractivity contribution in [2.45, 2.75) is 27.3 Å². The van der Waals surface area contributed by atoms with Crippen LogP contribution in [0, 0.1) is 5.41 Å². The minimum atomic E-state index is 0.286. The first-order valence-corrected chi connectivity index (χ1v) is 7.00. The molecule has 3 nitrogen and oxygen atoms in total. The molecule has 0 unspecified atom stereocenters. The molecule has 0 aliphatic heterocycles. The van der Waals surface area contributed by atoms with Crippen LogP contribution in [0.2, 0.25) is 0 Å². The van der Waals surface area contributed by atoms with Crippen LogP contribution in [0.3, 0.4) is 0 Å². The van der Waals surface area contributed by atoms with Crippen molar-refractivity contribution in [2.75, 3.05) is 33.8 Å². The van der Waals surface area contributed by atoms with Crippen LogP contribution >= 0.6 is 0 Å². The molecule has 0 heterocycles. The van der Waals surface area contributed by atoms with Gasteiger partial charge in [-0.2, -0.15) is 0 Å². The molecule has 0 aliphatic carbocycles. The maximum absolute atomic E-state index is 5.44. The molecule has 1 aromatic carbocycles. The van der Waals surface area contributed by atoms with Crippen molar-refractivity contribution >= 4 is 0 Å². The lowest BCUT2D eigenvalue weighted by Gasteiger charge is -2.28. The molecule has 0 bridgehead atoms. The molecule has 0 saturated carbocycles. The van der Waals surface area contributed by atoms with Crippen LogP contribution in [0.25, 0.3) is 0 Å². The second kappa shape index (κ2) is 7.51. The monoisotopic (exact) mass is 264 g/mol. The van der Waals surface area contributed by atoms with E-state index in [4.69, 9.17) is 4.74 Å². The molecule has 1 N–H and O–H groups in total. The van der Waals surface area contributed by atoms with Crippen LogP contribution in [0.5, 0.6) is 5.75 Å². The van der Waals surface area contributed by atoms with Gasteiger partial charge in [-0.15, -0.1) is 0 Å². The molecule has 3 heteroatoms. The second-order valence-corrected chi connectivity index (χ2v) is 6.08. The van der Waals surface area contributed by atoms with Gasteiger partial charge in [0.2, 0.25) is 0 Å². The Balaban J connectivity index is 2.36. The van der Waals surface area contributed by atoms with Crippen molar-refractivity contribution in [3.8, 4) is 5.75 Å². The lowest BCUT2D eigenvalue weighted by molar-refractivity contribution is 0.232. The minimum Gasteiger partial charge on any atom is -0.494 e. The molecule has 108 valence electrons. The van der Waals surface area contributed by atoms with Gasteiger partial charge in [-0.25, -0.2) is 0 Å². The van der Waals surface area contributed by atoms with Gasteiger partial charge >= 0.3 is 0 Å². The summed E-state index contributed by atoms with van der Waals surface area (Å²) in [5, 5.41) is 3.53. The van der Waals surface area contributed by atoms with Gasteiger partial charge in [-0.1, -0.05) is 26.0 Å². The van der Waals surface area contributed by atoms with E-state index in [9.17, 15) is 0 Å². The number of hydrogen-bond donors (Lipinski definition) is 1. The van der Waals surface area contributed by atoms with Gasteiger partial charge < -0.3 is 15.0 Å². The molecule has 1 rings (SSSR count). The fourth-order valence-corrected chi connectivity index (χ4v) is 2.33. The van der Waals surface area contributed by atoms with E-state index in [2.05, 4.69) is 50.3 Å². The van der Waals surface area contributed by atoms with Gasteiger partial charge in [0.25, 0.3) is 0 Å². The Bertz CT molecular complexity index is 358. The standard InChI is InChI=1S/C16H28N2O/c1-6-19-15-9-7-14(8-10-15)11-17-12-16(2,3)13-18(4)5/h7-10,17H,6,11-13H2,1-5H3. The van der Waals surface area contributed by atoms with E-state index in [0.717, 1.165) is 32.0 Å². The number of rotatable bonds is 8. The Hall–Kier alpha value is -1.06. The Morgan fingerprint density at radius 2 is 1.79 bits per heavy atom. The Morgan fingerprint density at radius 3 is 2.32 bits per heavy atom. The van der Waals surface area contributed by atoms with Gasteiger partial charge in [-0.3, -0.25) is 0 Å². The van der Waals surface area contributed by atoms with Crippen LogP contribution in [0.4, 0.5) is 0 Å². The molecule has 1 aromatic rings.